The van der Waals surface area contributed by atoms with Crippen molar-refractivity contribution in [3.05, 3.63) is 29.8 Å². The molecule has 6 nitrogen and oxygen atoms in total. The van der Waals surface area contributed by atoms with Gasteiger partial charge in [0.2, 0.25) is 0 Å². The van der Waals surface area contributed by atoms with E-state index in [1.54, 1.807) is 0 Å². The summed E-state index contributed by atoms with van der Waals surface area (Å²) in [5.74, 6) is 1.33. The number of likely N-dealkylation sites (tertiary alicyclic amines) is 1. The van der Waals surface area contributed by atoms with E-state index in [0.29, 0.717) is 18.4 Å². The minimum atomic E-state index is -0.673. The fourth-order valence-corrected chi connectivity index (χ4v) is 5.58. The molecule has 0 atom stereocenters. The van der Waals surface area contributed by atoms with Gasteiger partial charge in [-0.15, -0.1) is 0 Å². The maximum atomic E-state index is 13.6. The Hall–Kier alpha value is -1.92. The first-order valence-electron chi connectivity index (χ1n) is 11.7. The first-order valence-corrected chi connectivity index (χ1v) is 11.7. The summed E-state index contributed by atoms with van der Waals surface area (Å²) in [5, 5.41) is 0. The maximum Gasteiger partial charge on any atom is 0.332 e. The molecular formula is C24H33N3O3. The van der Waals surface area contributed by atoms with Crippen LogP contribution in [0.3, 0.4) is 0 Å². The summed E-state index contributed by atoms with van der Waals surface area (Å²) in [6.45, 7) is 7.13. The number of ether oxygens (including phenoxy) is 1. The SMILES string of the molecule is CCN1C(=O)N(c2ccc(C3CC3)cc2)C(=O)C12CCN(CC1CCOCC1)CC2. The molecule has 1 aliphatic carbocycles. The fraction of sp³-hybridized carbons (Fsp3) is 0.667. The van der Waals surface area contributed by atoms with Crippen LogP contribution in [-0.2, 0) is 9.53 Å². The van der Waals surface area contributed by atoms with Gasteiger partial charge in [-0.1, -0.05) is 12.1 Å². The number of carbonyl (C=O) groups is 2. The van der Waals surface area contributed by atoms with Crippen molar-refractivity contribution in [3.63, 3.8) is 0 Å². The number of carbonyl (C=O) groups excluding carboxylic acids is 2. The van der Waals surface area contributed by atoms with Crippen LogP contribution in [0.25, 0.3) is 0 Å². The van der Waals surface area contributed by atoms with E-state index in [1.165, 1.54) is 23.3 Å². The number of piperidine rings is 1. The Balaban J connectivity index is 1.30. The smallest absolute Gasteiger partial charge is 0.332 e. The molecule has 1 aromatic rings. The van der Waals surface area contributed by atoms with Crippen molar-refractivity contribution in [2.75, 3.05) is 44.3 Å². The molecule has 3 heterocycles. The Morgan fingerprint density at radius 3 is 2.27 bits per heavy atom. The number of imide groups is 1. The van der Waals surface area contributed by atoms with Crippen LogP contribution in [0.1, 0.15) is 56.9 Å². The zero-order valence-electron chi connectivity index (χ0n) is 18.0. The highest BCUT2D eigenvalue weighted by Gasteiger charge is 2.57. The van der Waals surface area contributed by atoms with Crippen molar-refractivity contribution >= 4 is 17.6 Å². The van der Waals surface area contributed by atoms with Crippen molar-refractivity contribution in [1.29, 1.82) is 0 Å². The fourth-order valence-electron chi connectivity index (χ4n) is 5.58. The summed E-state index contributed by atoms with van der Waals surface area (Å²) in [5.41, 5.74) is 1.36. The number of nitrogens with zero attached hydrogens (tertiary/aromatic N) is 3. The highest BCUT2D eigenvalue weighted by molar-refractivity contribution is 6.23. The summed E-state index contributed by atoms with van der Waals surface area (Å²) in [6.07, 6.45) is 6.21. The lowest BCUT2D eigenvalue weighted by Crippen LogP contribution is -2.57. The minimum Gasteiger partial charge on any atom is -0.381 e. The Bertz CT molecular complexity index is 790. The number of likely N-dealkylation sites (N-methyl/N-ethyl adjacent to an activating group) is 1. The number of anilines is 1. The number of hydrogen-bond acceptors (Lipinski definition) is 4. The molecule has 5 rings (SSSR count). The normalized spacial score (nSPS) is 25.5. The Labute approximate surface area is 179 Å². The lowest BCUT2D eigenvalue weighted by molar-refractivity contribution is -0.127. The second-order valence-electron chi connectivity index (χ2n) is 9.42. The highest BCUT2D eigenvalue weighted by atomic mass is 16.5. The van der Waals surface area contributed by atoms with Crippen LogP contribution in [-0.4, -0.2) is 66.7 Å². The zero-order valence-corrected chi connectivity index (χ0v) is 18.0. The second kappa shape index (κ2) is 7.97. The molecule has 0 bridgehead atoms. The van der Waals surface area contributed by atoms with E-state index in [1.807, 2.05) is 24.0 Å². The molecule has 162 valence electrons. The second-order valence-corrected chi connectivity index (χ2v) is 9.42. The van der Waals surface area contributed by atoms with Crippen molar-refractivity contribution in [2.45, 2.75) is 56.9 Å². The third kappa shape index (κ3) is 3.44. The van der Waals surface area contributed by atoms with E-state index in [-0.39, 0.29) is 11.9 Å². The van der Waals surface area contributed by atoms with E-state index in [0.717, 1.165) is 64.2 Å². The van der Waals surface area contributed by atoms with Gasteiger partial charge in [0.15, 0.2) is 0 Å². The molecule has 30 heavy (non-hydrogen) atoms. The number of hydrogen-bond donors (Lipinski definition) is 0. The van der Waals surface area contributed by atoms with E-state index < -0.39 is 5.54 Å². The molecule has 0 N–H and O–H groups in total. The largest absolute Gasteiger partial charge is 0.381 e. The van der Waals surface area contributed by atoms with Gasteiger partial charge in [-0.3, -0.25) is 4.79 Å². The third-order valence-corrected chi connectivity index (χ3v) is 7.60. The van der Waals surface area contributed by atoms with Crippen LogP contribution < -0.4 is 4.90 Å². The van der Waals surface area contributed by atoms with Crippen LogP contribution in [0.4, 0.5) is 10.5 Å². The van der Waals surface area contributed by atoms with Gasteiger partial charge in [-0.2, -0.15) is 0 Å². The molecular weight excluding hydrogens is 378 g/mol. The van der Waals surface area contributed by atoms with Crippen molar-refractivity contribution in [2.24, 2.45) is 5.92 Å². The van der Waals surface area contributed by atoms with Crippen LogP contribution in [0.2, 0.25) is 0 Å². The Morgan fingerprint density at radius 2 is 1.67 bits per heavy atom. The lowest BCUT2D eigenvalue weighted by Gasteiger charge is -2.43. The number of amides is 3. The zero-order chi connectivity index (χ0) is 20.7. The summed E-state index contributed by atoms with van der Waals surface area (Å²) < 4.78 is 5.48. The number of urea groups is 1. The van der Waals surface area contributed by atoms with Gasteiger partial charge in [0.25, 0.3) is 5.91 Å². The van der Waals surface area contributed by atoms with E-state index in [2.05, 4.69) is 17.0 Å². The first kappa shape index (κ1) is 20.0. The van der Waals surface area contributed by atoms with E-state index in [4.69, 9.17) is 4.74 Å². The van der Waals surface area contributed by atoms with Gasteiger partial charge in [-0.05, 0) is 75.0 Å². The average molecular weight is 412 g/mol. The molecule has 3 amide bonds. The molecule has 0 radical (unpaired) electrons. The molecule has 0 unspecified atom stereocenters. The van der Waals surface area contributed by atoms with Crippen molar-refractivity contribution in [1.82, 2.24) is 9.80 Å². The van der Waals surface area contributed by atoms with Crippen LogP contribution in [0, 0.1) is 5.92 Å². The van der Waals surface area contributed by atoms with Gasteiger partial charge in [-0.25, -0.2) is 9.69 Å². The lowest BCUT2D eigenvalue weighted by atomic mass is 9.85. The minimum absolute atomic E-state index is 0.0285. The van der Waals surface area contributed by atoms with Crippen LogP contribution in [0.15, 0.2) is 24.3 Å². The molecule has 4 aliphatic rings. The summed E-state index contributed by atoms with van der Waals surface area (Å²) in [7, 11) is 0. The number of rotatable bonds is 5. The Morgan fingerprint density at radius 1 is 1.00 bits per heavy atom. The molecule has 3 aliphatic heterocycles. The monoisotopic (exact) mass is 411 g/mol. The van der Waals surface area contributed by atoms with Gasteiger partial charge in [0, 0.05) is 39.4 Å². The summed E-state index contributed by atoms with van der Waals surface area (Å²) >= 11 is 0. The summed E-state index contributed by atoms with van der Waals surface area (Å²) in [6, 6.07) is 7.93. The maximum absolute atomic E-state index is 13.6. The van der Waals surface area contributed by atoms with Gasteiger partial charge in [0.05, 0.1) is 5.69 Å². The predicted molar refractivity (Wildman–Crippen MR) is 116 cm³/mol. The van der Waals surface area contributed by atoms with Crippen LogP contribution >= 0.6 is 0 Å². The number of benzene rings is 1. The summed E-state index contributed by atoms with van der Waals surface area (Å²) in [4.78, 5) is 32.6. The van der Waals surface area contributed by atoms with Gasteiger partial charge < -0.3 is 14.5 Å². The molecule has 1 spiro atoms. The molecule has 3 saturated heterocycles. The predicted octanol–water partition coefficient (Wildman–Crippen LogP) is 3.61. The molecule has 1 aromatic carbocycles. The standard InChI is InChI=1S/C24H33N3O3/c1-2-26-23(29)27(21-7-5-20(6-8-21)19-3-4-19)22(28)24(26)11-13-25(14-12-24)17-18-9-15-30-16-10-18/h5-8,18-19H,2-4,9-17H2,1H3. The quantitative estimate of drug-likeness (QED) is 0.695. The molecule has 0 aromatic heterocycles. The Kier molecular flexibility index (Phi) is 5.31. The topological polar surface area (TPSA) is 53.1 Å². The molecule has 6 heteroatoms. The van der Waals surface area contributed by atoms with Crippen LogP contribution in [0.5, 0.6) is 0 Å². The highest BCUT2D eigenvalue weighted by Crippen LogP contribution is 2.42. The van der Waals surface area contributed by atoms with E-state index in [9.17, 15) is 9.59 Å². The first-order chi connectivity index (χ1) is 14.6. The van der Waals surface area contributed by atoms with E-state index >= 15 is 0 Å². The average Bonchev–Trinajstić information content (AvgIpc) is 3.60. The van der Waals surface area contributed by atoms with Crippen molar-refractivity contribution < 1.29 is 14.3 Å². The van der Waals surface area contributed by atoms with Gasteiger partial charge >= 0.3 is 6.03 Å². The third-order valence-electron chi connectivity index (χ3n) is 7.60. The molecule has 1 saturated carbocycles. The van der Waals surface area contributed by atoms with Crippen molar-refractivity contribution in [3.8, 4) is 0 Å². The molecule has 4 fully saturated rings. The van der Waals surface area contributed by atoms with Gasteiger partial charge in [0.1, 0.15) is 5.54 Å².